The molecule has 0 spiro atoms. The van der Waals surface area contributed by atoms with Crippen LogP contribution in [0.4, 0.5) is 0 Å². The van der Waals surface area contributed by atoms with Crippen molar-refractivity contribution in [3.8, 4) is 0 Å². The molecule has 0 aliphatic rings. The van der Waals surface area contributed by atoms with Crippen LogP contribution < -0.4 is 5.32 Å². The highest BCUT2D eigenvalue weighted by atomic mass is 16.5. The number of rotatable bonds is 67. The molecule has 0 aromatic rings. The molecular formula is C74H139NO5. The van der Waals surface area contributed by atoms with Gasteiger partial charge in [0.2, 0.25) is 5.91 Å². The zero-order chi connectivity index (χ0) is 57.8. The van der Waals surface area contributed by atoms with E-state index in [1.54, 1.807) is 6.08 Å². The highest BCUT2D eigenvalue weighted by Gasteiger charge is 2.18. The molecule has 0 bridgehead atoms. The molecule has 1 amide bonds. The summed E-state index contributed by atoms with van der Waals surface area (Å²) in [4.78, 5) is 24.6. The maximum atomic E-state index is 12.5. The maximum absolute atomic E-state index is 12.5. The van der Waals surface area contributed by atoms with Crippen LogP contribution in [0.5, 0.6) is 0 Å². The lowest BCUT2D eigenvalue weighted by Gasteiger charge is -2.20. The summed E-state index contributed by atoms with van der Waals surface area (Å²) in [7, 11) is 0. The van der Waals surface area contributed by atoms with E-state index >= 15 is 0 Å². The van der Waals surface area contributed by atoms with Crippen LogP contribution in [0.25, 0.3) is 0 Å². The molecule has 0 rings (SSSR count). The molecule has 6 nitrogen and oxygen atoms in total. The number of ether oxygens (including phenoxy) is 1. The van der Waals surface area contributed by atoms with Crippen LogP contribution in [0.1, 0.15) is 386 Å². The van der Waals surface area contributed by atoms with Crippen LogP contribution in [0, 0.1) is 0 Å². The summed E-state index contributed by atoms with van der Waals surface area (Å²) < 4.78 is 5.51. The number of aliphatic hydroxyl groups is 2. The first-order valence-corrected chi connectivity index (χ1v) is 35.9. The molecule has 0 fully saturated rings. The summed E-state index contributed by atoms with van der Waals surface area (Å²) in [6, 6.07) is -0.628. The fourth-order valence-electron chi connectivity index (χ4n) is 11.1. The van der Waals surface area contributed by atoms with Crippen molar-refractivity contribution in [1.29, 1.82) is 0 Å². The average Bonchev–Trinajstić information content (AvgIpc) is 3.46. The van der Waals surface area contributed by atoms with Crippen LogP contribution in [0.3, 0.4) is 0 Å². The topological polar surface area (TPSA) is 95.9 Å². The quantitative estimate of drug-likeness (QED) is 0.0320. The fourth-order valence-corrected chi connectivity index (χ4v) is 11.1. The van der Waals surface area contributed by atoms with E-state index in [1.807, 2.05) is 6.08 Å². The van der Waals surface area contributed by atoms with E-state index in [-0.39, 0.29) is 18.5 Å². The molecule has 0 saturated carbocycles. The number of amides is 1. The van der Waals surface area contributed by atoms with Gasteiger partial charge in [0.15, 0.2) is 0 Å². The Bertz CT molecular complexity index is 1340. The summed E-state index contributed by atoms with van der Waals surface area (Å²) >= 11 is 0. The SMILES string of the molecule is CCCCC/C=C\C/C=C\CCCCCCCCCCCC(=O)OCCCCCCCCCCCCCC/C=C\CCCCCCCCCCCCCCCC(=O)NC(CO)C(O)/C=C/CCCCCCCCCCCCCCC. The second-order valence-electron chi connectivity index (χ2n) is 24.6. The van der Waals surface area contributed by atoms with Crippen molar-refractivity contribution in [2.45, 2.75) is 398 Å². The van der Waals surface area contributed by atoms with Gasteiger partial charge in [-0.25, -0.2) is 0 Å². The molecule has 0 radical (unpaired) electrons. The summed E-state index contributed by atoms with van der Waals surface area (Å²) in [6.45, 7) is 4.90. The van der Waals surface area contributed by atoms with E-state index < -0.39 is 12.1 Å². The van der Waals surface area contributed by atoms with Crippen LogP contribution in [0.2, 0.25) is 0 Å². The number of hydrogen-bond acceptors (Lipinski definition) is 5. The number of allylic oxidation sites excluding steroid dienone is 7. The second kappa shape index (κ2) is 69.3. The first-order valence-electron chi connectivity index (χ1n) is 35.9. The second-order valence-corrected chi connectivity index (χ2v) is 24.6. The summed E-state index contributed by atoms with van der Waals surface area (Å²) in [5.74, 6) is -0.0529. The Balaban J connectivity index is 3.38. The minimum absolute atomic E-state index is 0.0126. The molecule has 80 heavy (non-hydrogen) atoms. The normalized spacial score (nSPS) is 12.8. The number of esters is 1. The first kappa shape index (κ1) is 77.8. The zero-order valence-corrected chi connectivity index (χ0v) is 53.8. The van der Waals surface area contributed by atoms with Gasteiger partial charge in [-0.3, -0.25) is 9.59 Å². The van der Waals surface area contributed by atoms with Crippen molar-refractivity contribution < 1.29 is 24.5 Å². The molecular weight excluding hydrogens is 983 g/mol. The molecule has 2 atom stereocenters. The van der Waals surface area contributed by atoms with Crippen molar-refractivity contribution in [2.24, 2.45) is 0 Å². The number of hydrogen-bond donors (Lipinski definition) is 3. The highest BCUT2D eigenvalue weighted by molar-refractivity contribution is 5.76. The molecule has 0 aromatic heterocycles. The molecule has 0 heterocycles. The molecule has 0 aromatic carbocycles. The van der Waals surface area contributed by atoms with Crippen LogP contribution in [0.15, 0.2) is 48.6 Å². The Morgan fingerprint density at radius 3 is 0.988 bits per heavy atom. The van der Waals surface area contributed by atoms with Gasteiger partial charge < -0.3 is 20.3 Å². The minimum Gasteiger partial charge on any atom is -0.466 e. The minimum atomic E-state index is -0.844. The van der Waals surface area contributed by atoms with E-state index in [4.69, 9.17) is 4.74 Å². The van der Waals surface area contributed by atoms with Crippen molar-refractivity contribution >= 4 is 11.9 Å². The Morgan fingerprint density at radius 2 is 0.625 bits per heavy atom. The third-order valence-electron chi connectivity index (χ3n) is 16.6. The number of aliphatic hydroxyl groups excluding tert-OH is 2. The first-order chi connectivity index (χ1) is 39.5. The molecule has 0 saturated heterocycles. The van der Waals surface area contributed by atoms with Crippen LogP contribution in [-0.4, -0.2) is 47.4 Å². The summed E-state index contributed by atoms with van der Waals surface area (Å²) in [5.41, 5.74) is 0. The molecule has 0 aliphatic carbocycles. The lowest BCUT2D eigenvalue weighted by molar-refractivity contribution is -0.143. The number of nitrogens with one attached hydrogen (secondary N) is 1. The van der Waals surface area contributed by atoms with Gasteiger partial charge in [0.05, 0.1) is 25.4 Å². The van der Waals surface area contributed by atoms with E-state index in [2.05, 4.69) is 55.6 Å². The van der Waals surface area contributed by atoms with Gasteiger partial charge in [0, 0.05) is 12.8 Å². The monoisotopic (exact) mass is 1120 g/mol. The predicted octanol–water partition coefficient (Wildman–Crippen LogP) is 23.3. The number of carbonyl (C=O) groups is 2. The largest absolute Gasteiger partial charge is 0.466 e. The van der Waals surface area contributed by atoms with Gasteiger partial charge in [-0.15, -0.1) is 0 Å². The Hall–Kier alpha value is -2.18. The van der Waals surface area contributed by atoms with Crippen molar-refractivity contribution in [2.75, 3.05) is 13.2 Å². The van der Waals surface area contributed by atoms with Crippen molar-refractivity contribution in [3.05, 3.63) is 48.6 Å². The van der Waals surface area contributed by atoms with Crippen molar-refractivity contribution in [3.63, 3.8) is 0 Å². The van der Waals surface area contributed by atoms with Gasteiger partial charge >= 0.3 is 5.97 Å². The zero-order valence-electron chi connectivity index (χ0n) is 53.8. The lowest BCUT2D eigenvalue weighted by atomic mass is 10.0. The highest BCUT2D eigenvalue weighted by Crippen LogP contribution is 2.18. The van der Waals surface area contributed by atoms with E-state index in [9.17, 15) is 19.8 Å². The van der Waals surface area contributed by atoms with Gasteiger partial charge in [-0.2, -0.15) is 0 Å². The third-order valence-corrected chi connectivity index (χ3v) is 16.6. The molecule has 0 aliphatic heterocycles. The van der Waals surface area contributed by atoms with E-state index in [0.29, 0.717) is 19.4 Å². The van der Waals surface area contributed by atoms with Gasteiger partial charge in [0.25, 0.3) is 0 Å². The molecule has 3 N–H and O–H groups in total. The van der Waals surface area contributed by atoms with E-state index in [0.717, 1.165) is 51.4 Å². The van der Waals surface area contributed by atoms with Crippen LogP contribution in [-0.2, 0) is 14.3 Å². The fraction of sp³-hybridized carbons (Fsp3) is 0.865. The third kappa shape index (κ3) is 65.0. The van der Waals surface area contributed by atoms with Crippen LogP contribution >= 0.6 is 0 Å². The summed E-state index contributed by atoms with van der Waals surface area (Å²) in [6.07, 6.45) is 90.5. The Labute approximate surface area is 499 Å². The Morgan fingerprint density at radius 1 is 0.350 bits per heavy atom. The number of carbonyl (C=O) groups excluding carboxylic acids is 2. The standard InChI is InChI=1S/C74H139NO5/c1-3-5-7-9-11-13-15-17-19-20-32-36-40-44-48-52-56-60-64-68-74(79)80-69-65-61-57-53-49-45-41-37-34-31-29-27-25-23-21-22-24-26-28-30-33-35-39-43-47-51-55-59-63-67-73(78)75-71(70-76)72(77)66-62-58-54-50-46-42-38-18-16-14-12-10-8-6-4-2/h11,13,17,19,21,23,62,66,71-72,76-77H,3-10,12,14-16,18,20,22,24-61,63-65,67-70H2,1-2H3,(H,75,78)/b13-11-,19-17-,23-21-,66-62+. The maximum Gasteiger partial charge on any atom is 0.305 e. The smallest absolute Gasteiger partial charge is 0.305 e. The molecule has 470 valence electrons. The van der Waals surface area contributed by atoms with Crippen molar-refractivity contribution in [1.82, 2.24) is 5.32 Å². The number of unbranched alkanes of at least 4 members (excludes halogenated alkanes) is 50. The molecule has 6 heteroatoms. The summed E-state index contributed by atoms with van der Waals surface area (Å²) in [5, 5.41) is 23.2. The van der Waals surface area contributed by atoms with Gasteiger partial charge in [-0.05, 0) is 89.9 Å². The lowest BCUT2D eigenvalue weighted by Crippen LogP contribution is -2.45. The van der Waals surface area contributed by atoms with Gasteiger partial charge in [0.1, 0.15) is 0 Å². The Kier molecular flexibility index (Phi) is 67.4. The van der Waals surface area contributed by atoms with Gasteiger partial charge in [-0.1, -0.05) is 332 Å². The molecule has 2 unspecified atom stereocenters. The predicted molar refractivity (Wildman–Crippen MR) is 352 cm³/mol. The average molecular weight is 1120 g/mol. The van der Waals surface area contributed by atoms with E-state index in [1.165, 1.54) is 308 Å².